The summed E-state index contributed by atoms with van der Waals surface area (Å²) in [6, 6.07) is 5.30. The minimum atomic E-state index is -4.70. The highest BCUT2D eigenvalue weighted by molar-refractivity contribution is 9.10. The average Bonchev–Trinajstić information content (AvgIpc) is 2.28. The van der Waals surface area contributed by atoms with Crippen LogP contribution in [-0.2, 0) is 16.0 Å². The molecule has 0 aliphatic carbocycles. The Hall–Kier alpha value is -1.24. The van der Waals surface area contributed by atoms with E-state index in [9.17, 15) is 18.0 Å². The molecule has 0 aliphatic rings. The van der Waals surface area contributed by atoms with E-state index in [0.717, 1.165) is 0 Å². The number of ether oxygens (including phenoxy) is 2. The van der Waals surface area contributed by atoms with Gasteiger partial charge in [-0.05, 0) is 24.1 Å². The fraction of sp³-hybridized carbons (Fsp3) is 0.364. The Balaban J connectivity index is 2.63. The molecule has 18 heavy (non-hydrogen) atoms. The van der Waals surface area contributed by atoms with Gasteiger partial charge in [-0.25, -0.2) is 0 Å². The molecule has 1 rings (SSSR count). The van der Waals surface area contributed by atoms with Crippen LogP contribution < -0.4 is 4.74 Å². The number of esters is 1. The van der Waals surface area contributed by atoms with Crippen molar-refractivity contribution < 1.29 is 27.4 Å². The highest BCUT2D eigenvalue weighted by Gasteiger charge is 2.31. The molecular weight excluding hydrogens is 317 g/mol. The van der Waals surface area contributed by atoms with Gasteiger partial charge in [0.25, 0.3) is 0 Å². The van der Waals surface area contributed by atoms with E-state index < -0.39 is 17.2 Å². The van der Waals surface area contributed by atoms with E-state index in [1.54, 1.807) is 0 Å². The van der Waals surface area contributed by atoms with E-state index >= 15 is 0 Å². The van der Waals surface area contributed by atoms with Gasteiger partial charge >= 0.3 is 12.3 Å². The molecule has 0 amide bonds. The molecule has 1 aromatic carbocycles. The van der Waals surface area contributed by atoms with Crippen molar-refractivity contribution in [3.63, 3.8) is 0 Å². The molecule has 0 unspecified atom stereocenters. The molecule has 7 heteroatoms. The lowest BCUT2D eigenvalue weighted by molar-refractivity contribution is -0.274. The Kier molecular flexibility index (Phi) is 5.01. The monoisotopic (exact) mass is 326 g/mol. The Morgan fingerprint density at radius 1 is 1.33 bits per heavy atom. The summed E-state index contributed by atoms with van der Waals surface area (Å²) in [6.07, 6.45) is -4.38. The summed E-state index contributed by atoms with van der Waals surface area (Å²) in [5, 5.41) is 0. The normalized spacial score (nSPS) is 12.9. The maximum Gasteiger partial charge on any atom is 0.573 e. The molecule has 0 fully saturated rings. The maximum absolute atomic E-state index is 11.9. The van der Waals surface area contributed by atoms with Crippen molar-refractivity contribution in [2.24, 2.45) is 0 Å². The summed E-state index contributed by atoms with van der Waals surface area (Å²) < 4.78 is 44.0. The van der Waals surface area contributed by atoms with Gasteiger partial charge in [-0.1, -0.05) is 28.1 Å². The third-order valence-corrected chi connectivity index (χ3v) is 2.73. The first-order valence-electron chi connectivity index (χ1n) is 4.88. The molecule has 0 saturated carbocycles. The number of benzene rings is 1. The molecular formula is C11H10BrF3O3. The Labute approximate surface area is 110 Å². The smallest absolute Gasteiger partial charge is 0.468 e. The molecule has 3 nitrogen and oxygen atoms in total. The first-order chi connectivity index (χ1) is 8.31. The van der Waals surface area contributed by atoms with Crippen molar-refractivity contribution in [2.45, 2.75) is 17.6 Å². The van der Waals surface area contributed by atoms with Crippen LogP contribution in [-0.4, -0.2) is 24.3 Å². The summed E-state index contributed by atoms with van der Waals surface area (Å²) in [5.41, 5.74) is 0.691. The second-order valence-corrected chi connectivity index (χ2v) is 4.49. The minimum absolute atomic E-state index is 0.296. The van der Waals surface area contributed by atoms with Gasteiger partial charge in [0.1, 0.15) is 10.6 Å². The zero-order chi connectivity index (χ0) is 13.8. The number of rotatable bonds is 4. The third kappa shape index (κ3) is 4.95. The molecule has 0 radical (unpaired) electrons. The zero-order valence-corrected chi connectivity index (χ0v) is 10.9. The van der Waals surface area contributed by atoms with E-state index in [1.807, 2.05) is 0 Å². The van der Waals surface area contributed by atoms with E-state index in [-0.39, 0.29) is 5.75 Å². The van der Waals surface area contributed by atoms with Crippen LogP contribution >= 0.6 is 15.9 Å². The van der Waals surface area contributed by atoms with Crippen LogP contribution in [0.2, 0.25) is 0 Å². The molecule has 0 bridgehead atoms. The Morgan fingerprint density at radius 3 is 2.33 bits per heavy atom. The first kappa shape index (κ1) is 14.8. The van der Waals surface area contributed by atoms with Crippen LogP contribution in [0.3, 0.4) is 0 Å². The lowest BCUT2D eigenvalue weighted by Crippen LogP contribution is -2.18. The number of carbonyl (C=O) groups excluding carboxylic acids is 1. The van der Waals surface area contributed by atoms with Crippen molar-refractivity contribution in [3.8, 4) is 5.75 Å². The topological polar surface area (TPSA) is 35.5 Å². The van der Waals surface area contributed by atoms with Gasteiger partial charge in [0.05, 0.1) is 7.11 Å². The van der Waals surface area contributed by atoms with Gasteiger partial charge in [-0.15, -0.1) is 13.2 Å². The number of methoxy groups -OCH3 is 1. The van der Waals surface area contributed by atoms with Crippen LogP contribution in [0.4, 0.5) is 13.2 Å². The summed E-state index contributed by atoms with van der Waals surface area (Å²) in [7, 11) is 1.26. The van der Waals surface area contributed by atoms with E-state index in [1.165, 1.54) is 31.4 Å². The lowest BCUT2D eigenvalue weighted by Gasteiger charge is -2.10. The number of alkyl halides is 4. The predicted molar refractivity (Wildman–Crippen MR) is 61.6 cm³/mol. The van der Waals surface area contributed by atoms with Crippen LogP contribution in [0.1, 0.15) is 5.56 Å². The Bertz CT molecular complexity index is 403. The van der Waals surface area contributed by atoms with Crippen molar-refractivity contribution in [2.75, 3.05) is 7.11 Å². The largest absolute Gasteiger partial charge is 0.573 e. The van der Waals surface area contributed by atoms with Crippen molar-refractivity contribution in [1.82, 2.24) is 0 Å². The van der Waals surface area contributed by atoms with Crippen molar-refractivity contribution in [3.05, 3.63) is 29.8 Å². The summed E-state index contributed by atoms with van der Waals surface area (Å²) in [6.45, 7) is 0. The molecule has 0 saturated heterocycles. The van der Waals surface area contributed by atoms with Gasteiger partial charge < -0.3 is 9.47 Å². The van der Waals surface area contributed by atoms with Crippen molar-refractivity contribution >= 4 is 21.9 Å². The molecule has 1 aromatic rings. The van der Waals surface area contributed by atoms with E-state index in [4.69, 9.17) is 0 Å². The third-order valence-electron chi connectivity index (χ3n) is 2.03. The predicted octanol–water partition coefficient (Wildman–Crippen LogP) is 3.06. The standard InChI is InChI=1S/C11H10BrF3O3/c1-17-10(16)9(12)6-7-2-4-8(5-3-7)18-11(13,14)15/h2-5,9H,6H2,1H3/t9-/m1/s1. The SMILES string of the molecule is COC(=O)[C@H](Br)Cc1ccc(OC(F)(F)F)cc1. The van der Waals surface area contributed by atoms with Gasteiger partial charge in [0.15, 0.2) is 0 Å². The number of hydrogen-bond acceptors (Lipinski definition) is 3. The minimum Gasteiger partial charge on any atom is -0.468 e. The summed E-state index contributed by atoms with van der Waals surface area (Å²) in [4.78, 5) is 10.6. The number of carbonyl (C=O) groups is 1. The second-order valence-electron chi connectivity index (χ2n) is 3.39. The Morgan fingerprint density at radius 2 is 1.89 bits per heavy atom. The quantitative estimate of drug-likeness (QED) is 0.630. The number of hydrogen-bond donors (Lipinski definition) is 0. The maximum atomic E-state index is 11.9. The number of halogens is 4. The second kappa shape index (κ2) is 6.08. The molecule has 0 N–H and O–H groups in total. The highest BCUT2D eigenvalue weighted by atomic mass is 79.9. The molecule has 100 valence electrons. The molecule has 0 aliphatic heterocycles. The fourth-order valence-corrected chi connectivity index (χ4v) is 1.81. The zero-order valence-electron chi connectivity index (χ0n) is 9.33. The van der Waals surface area contributed by atoms with Crippen LogP contribution in [0.5, 0.6) is 5.75 Å². The highest BCUT2D eigenvalue weighted by Crippen LogP contribution is 2.23. The lowest BCUT2D eigenvalue weighted by atomic mass is 10.1. The molecule has 0 spiro atoms. The molecule has 1 atom stereocenters. The van der Waals surface area contributed by atoms with Gasteiger partial charge in [-0.2, -0.15) is 0 Å². The van der Waals surface area contributed by atoms with E-state index in [0.29, 0.717) is 12.0 Å². The molecule has 0 heterocycles. The fourth-order valence-electron chi connectivity index (χ4n) is 1.25. The van der Waals surface area contributed by atoms with Crippen LogP contribution in [0.25, 0.3) is 0 Å². The average molecular weight is 327 g/mol. The summed E-state index contributed by atoms with van der Waals surface area (Å²) >= 11 is 3.12. The van der Waals surface area contributed by atoms with Crippen molar-refractivity contribution in [1.29, 1.82) is 0 Å². The first-order valence-corrected chi connectivity index (χ1v) is 5.80. The van der Waals surface area contributed by atoms with Crippen LogP contribution in [0.15, 0.2) is 24.3 Å². The molecule has 0 aromatic heterocycles. The van der Waals surface area contributed by atoms with Gasteiger partial charge in [0, 0.05) is 0 Å². The van der Waals surface area contributed by atoms with Gasteiger partial charge in [0.2, 0.25) is 0 Å². The summed E-state index contributed by atoms with van der Waals surface area (Å²) in [5.74, 6) is -0.735. The van der Waals surface area contributed by atoms with Crippen LogP contribution in [0, 0.1) is 0 Å². The van der Waals surface area contributed by atoms with Gasteiger partial charge in [-0.3, -0.25) is 4.79 Å². The van der Waals surface area contributed by atoms with E-state index in [2.05, 4.69) is 25.4 Å².